The summed E-state index contributed by atoms with van der Waals surface area (Å²) in [5.41, 5.74) is 5.29. The number of carbonyl (C=O) groups excluding carboxylic acids is 2. The van der Waals surface area contributed by atoms with Crippen LogP contribution in [0.25, 0.3) is 33.4 Å². The van der Waals surface area contributed by atoms with Crippen LogP contribution in [0.5, 0.6) is 0 Å². The zero-order chi connectivity index (χ0) is 38.8. The van der Waals surface area contributed by atoms with E-state index in [1.54, 1.807) is 0 Å². The zero-order valence-electron chi connectivity index (χ0n) is 33.2. The monoisotopic (exact) mass is 756 g/mol. The highest BCUT2D eigenvalue weighted by atomic mass is 16.6. The van der Waals surface area contributed by atoms with Crippen LogP contribution in [0.1, 0.15) is 37.6 Å². The van der Waals surface area contributed by atoms with Crippen molar-refractivity contribution < 1.29 is 33.0 Å². The van der Waals surface area contributed by atoms with Crippen LogP contribution in [0, 0.1) is 0 Å². The van der Waals surface area contributed by atoms with Crippen molar-refractivity contribution >= 4 is 28.5 Å². The topological polar surface area (TPSA) is 109 Å². The second-order valence-electron chi connectivity index (χ2n) is 15.4. The highest BCUT2D eigenvalue weighted by Crippen LogP contribution is 2.41. The van der Waals surface area contributed by atoms with E-state index in [4.69, 9.17) is 23.4 Å². The maximum atomic E-state index is 13.0. The Labute approximate surface area is 324 Å². The number of carbonyl (C=O) groups is 2. The molecule has 0 atom stereocenters. The van der Waals surface area contributed by atoms with Crippen LogP contribution >= 0.6 is 0 Å². The molecule has 0 bridgehead atoms. The molecule has 2 aromatic rings. The SMILES string of the molecule is CN1CCN(c2ccc3c(-c4ccc(C(=O)NCCOCCOCCOCCC(=O)OC(C)(C)C)cc4)c4ccc(=[N+]5CCN(C)CC5)cc-4oc3c2)CC1. The number of fused-ring (bicyclic) bond motifs is 2. The smallest absolute Gasteiger partial charge is 0.308 e. The Kier molecular flexibility index (Phi) is 13.9. The van der Waals surface area contributed by atoms with Gasteiger partial charge < -0.3 is 38.5 Å². The van der Waals surface area contributed by atoms with Gasteiger partial charge in [0, 0.05) is 72.6 Å². The van der Waals surface area contributed by atoms with Gasteiger partial charge in [-0.15, -0.1) is 0 Å². The van der Waals surface area contributed by atoms with Crippen molar-refractivity contribution in [3.05, 3.63) is 71.6 Å². The molecule has 12 heteroatoms. The number of ether oxygens (including phenoxy) is 4. The standard InChI is InChI=1S/C43H57N5O7/c1-43(2,3)55-40(49)14-24-51-26-28-53-29-27-52-25-15-44-42(50)33-8-6-32(7-9-33)41-36-12-10-34(47-20-16-45(4)17-21-47)30-38(36)54-39-31-35(11-13-37(39)41)48-22-18-46(5)19-23-48/h6-13,30-31H,14-29H2,1-5H3/p+1. The van der Waals surface area contributed by atoms with E-state index in [1.165, 1.54) is 11.0 Å². The van der Waals surface area contributed by atoms with Crippen molar-refractivity contribution in [2.45, 2.75) is 32.8 Å². The van der Waals surface area contributed by atoms with Gasteiger partial charge in [-0.05, 0) is 70.8 Å². The van der Waals surface area contributed by atoms with Gasteiger partial charge >= 0.3 is 5.97 Å². The molecule has 6 rings (SSSR count). The molecule has 2 saturated heterocycles. The fraction of sp³-hybridized carbons (Fsp3) is 0.512. The van der Waals surface area contributed by atoms with E-state index in [1.807, 2.05) is 45.0 Å². The second kappa shape index (κ2) is 19.0. The Morgan fingerprint density at radius 1 is 0.764 bits per heavy atom. The molecule has 3 aliphatic heterocycles. The number of piperazine rings is 2. The number of anilines is 1. The number of amides is 1. The molecule has 1 amide bonds. The molecular formula is C43H58N5O7+. The summed E-state index contributed by atoms with van der Waals surface area (Å²) in [6.45, 7) is 16.3. The highest BCUT2D eigenvalue weighted by molar-refractivity contribution is 6.03. The van der Waals surface area contributed by atoms with E-state index in [0.29, 0.717) is 51.7 Å². The first kappa shape index (κ1) is 40.3. The number of benzene rings is 3. The average Bonchev–Trinajstić information content (AvgIpc) is 3.17. The maximum absolute atomic E-state index is 13.0. The molecule has 1 N–H and O–H groups in total. The summed E-state index contributed by atoms with van der Waals surface area (Å²) in [6.07, 6.45) is 0.213. The van der Waals surface area contributed by atoms with Crippen LogP contribution in [0.3, 0.4) is 0 Å². The number of nitrogens with one attached hydrogen (secondary N) is 1. The van der Waals surface area contributed by atoms with Gasteiger partial charge in [0.25, 0.3) is 5.91 Å². The van der Waals surface area contributed by atoms with Crippen molar-refractivity contribution in [2.24, 2.45) is 0 Å². The van der Waals surface area contributed by atoms with E-state index < -0.39 is 5.60 Å². The van der Waals surface area contributed by atoms with Gasteiger partial charge in [-0.1, -0.05) is 12.1 Å². The molecule has 0 saturated carbocycles. The molecule has 0 radical (unpaired) electrons. The van der Waals surface area contributed by atoms with Crippen LogP contribution < -0.4 is 20.1 Å². The third-order valence-corrected chi connectivity index (χ3v) is 10.0. The highest BCUT2D eigenvalue weighted by Gasteiger charge is 2.23. The van der Waals surface area contributed by atoms with Gasteiger partial charge in [-0.3, -0.25) is 14.5 Å². The first-order chi connectivity index (χ1) is 26.5. The molecule has 0 spiro atoms. The van der Waals surface area contributed by atoms with Crippen molar-refractivity contribution in [3.63, 3.8) is 0 Å². The molecule has 2 aromatic carbocycles. The molecular weight excluding hydrogens is 699 g/mol. The molecule has 0 unspecified atom stereocenters. The number of esters is 1. The quantitative estimate of drug-likeness (QED) is 0.0822. The Bertz CT molecular complexity index is 1920. The number of nitrogens with zero attached hydrogens (tertiary/aromatic N) is 4. The zero-order valence-corrected chi connectivity index (χ0v) is 33.2. The number of hydrogen-bond acceptors (Lipinski definition) is 10. The fourth-order valence-corrected chi connectivity index (χ4v) is 6.92. The van der Waals surface area contributed by atoms with Crippen molar-refractivity contribution in [1.82, 2.24) is 19.7 Å². The molecule has 3 heterocycles. The average molecular weight is 757 g/mol. The minimum atomic E-state index is -0.493. The summed E-state index contributed by atoms with van der Waals surface area (Å²) < 4.78 is 31.0. The Balaban J connectivity index is 1.05. The predicted octanol–water partition coefficient (Wildman–Crippen LogP) is 4.19. The third kappa shape index (κ3) is 11.4. The normalized spacial score (nSPS) is 15.9. The van der Waals surface area contributed by atoms with Crippen molar-refractivity contribution in [2.75, 3.05) is 118 Å². The first-order valence-electron chi connectivity index (χ1n) is 19.6. The van der Waals surface area contributed by atoms with E-state index in [-0.39, 0.29) is 18.3 Å². The number of hydrogen-bond donors (Lipinski definition) is 1. The molecule has 2 fully saturated rings. The van der Waals surface area contributed by atoms with Crippen LogP contribution in [-0.4, -0.2) is 140 Å². The minimum absolute atomic E-state index is 0.152. The lowest BCUT2D eigenvalue weighted by Gasteiger charge is -2.34. The predicted molar refractivity (Wildman–Crippen MR) is 216 cm³/mol. The maximum Gasteiger partial charge on any atom is 0.308 e. The summed E-state index contributed by atoms with van der Waals surface area (Å²) in [5, 5.41) is 5.17. The summed E-state index contributed by atoms with van der Waals surface area (Å²) in [4.78, 5) is 31.9. The number of likely N-dealkylation sites (N-methyl/N-ethyl adjacent to an activating group) is 2. The summed E-state index contributed by atoms with van der Waals surface area (Å²) in [7, 11) is 4.34. The lowest BCUT2D eigenvalue weighted by molar-refractivity contribution is -0.156. The largest absolute Gasteiger partial charge is 0.460 e. The molecule has 1 aliphatic carbocycles. The van der Waals surface area contributed by atoms with Crippen molar-refractivity contribution in [1.29, 1.82) is 0 Å². The van der Waals surface area contributed by atoms with Gasteiger partial charge in [0.2, 0.25) is 5.36 Å². The molecule has 0 aromatic heterocycles. The van der Waals surface area contributed by atoms with Gasteiger partial charge in [-0.2, -0.15) is 0 Å². The van der Waals surface area contributed by atoms with Crippen LogP contribution in [0.15, 0.2) is 65.1 Å². The van der Waals surface area contributed by atoms with Crippen LogP contribution in [-0.2, 0) is 23.7 Å². The van der Waals surface area contributed by atoms with Gasteiger partial charge in [0.15, 0.2) is 13.1 Å². The van der Waals surface area contributed by atoms with Crippen LogP contribution in [0.2, 0.25) is 0 Å². The molecule has 55 heavy (non-hydrogen) atoms. The first-order valence-corrected chi connectivity index (χ1v) is 19.6. The van der Waals surface area contributed by atoms with E-state index >= 15 is 0 Å². The molecule has 296 valence electrons. The Hall–Kier alpha value is -4.33. The van der Waals surface area contributed by atoms with E-state index in [9.17, 15) is 9.59 Å². The van der Waals surface area contributed by atoms with E-state index in [2.05, 4.69) is 75.1 Å². The van der Waals surface area contributed by atoms with Crippen molar-refractivity contribution in [3.8, 4) is 22.5 Å². The Morgan fingerprint density at radius 3 is 2.11 bits per heavy atom. The fourth-order valence-electron chi connectivity index (χ4n) is 6.92. The lowest BCUT2D eigenvalue weighted by atomic mass is 9.93. The molecule has 12 nitrogen and oxygen atoms in total. The van der Waals surface area contributed by atoms with Gasteiger partial charge in [-0.25, -0.2) is 4.58 Å². The third-order valence-electron chi connectivity index (χ3n) is 10.0. The minimum Gasteiger partial charge on any atom is -0.460 e. The summed E-state index contributed by atoms with van der Waals surface area (Å²) in [5.74, 6) is 0.425. The molecule has 4 aliphatic rings. The Morgan fingerprint density at radius 2 is 1.42 bits per heavy atom. The van der Waals surface area contributed by atoms with Gasteiger partial charge in [0.05, 0.1) is 65.2 Å². The second-order valence-corrected chi connectivity index (χ2v) is 15.4. The van der Waals surface area contributed by atoms with E-state index in [0.717, 1.165) is 85.8 Å². The number of rotatable bonds is 15. The summed E-state index contributed by atoms with van der Waals surface area (Å²) >= 11 is 0. The summed E-state index contributed by atoms with van der Waals surface area (Å²) in [6, 6.07) is 21.0. The lowest BCUT2D eigenvalue weighted by Crippen LogP contribution is -2.46. The van der Waals surface area contributed by atoms with Gasteiger partial charge in [0.1, 0.15) is 16.9 Å². The van der Waals surface area contributed by atoms with Crippen LogP contribution in [0.4, 0.5) is 5.69 Å².